The van der Waals surface area contributed by atoms with E-state index in [1.807, 2.05) is 18.2 Å². The molecule has 0 fully saturated rings. The maximum Gasteiger partial charge on any atom is 0.326 e. The summed E-state index contributed by atoms with van der Waals surface area (Å²) in [4.78, 5) is 0. The second-order valence-corrected chi connectivity index (χ2v) is 6.74. The highest BCUT2D eigenvalue weighted by atomic mass is 35.5. The second-order valence-electron chi connectivity index (χ2n) is 4.58. The lowest BCUT2D eigenvalue weighted by molar-refractivity contribution is 0.585. The summed E-state index contributed by atoms with van der Waals surface area (Å²) in [5.41, 5.74) is 2.84. The molecule has 0 saturated heterocycles. The molecule has 0 unspecified atom stereocenters. The third-order valence-electron chi connectivity index (χ3n) is 3.48. The normalized spacial score (nSPS) is 20.1. The van der Waals surface area contributed by atoms with E-state index in [9.17, 15) is 8.42 Å². The summed E-state index contributed by atoms with van der Waals surface area (Å²) >= 11 is 5.68. The molecule has 0 radical (unpaired) electrons. The number of halogens is 1. The van der Waals surface area contributed by atoms with Gasteiger partial charge >= 0.3 is 10.2 Å². The van der Waals surface area contributed by atoms with Crippen molar-refractivity contribution in [3.05, 3.63) is 23.8 Å². The maximum atomic E-state index is 12.5. The molecule has 2 aliphatic heterocycles. The van der Waals surface area contributed by atoms with Crippen molar-refractivity contribution in [1.82, 2.24) is 0 Å². The van der Waals surface area contributed by atoms with Crippen LogP contribution in [0.15, 0.2) is 18.2 Å². The summed E-state index contributed by atoms with van der Waals surface area (Å²) in [6.45, 7) is 1.04. The quantitative estimate of drug-likeness (QED) is 0.799. The van der Waals surface area contributed by atoms with Gasteiger partial charge in [0.1, 0.15) is 0 Å². The Hall–Kier alpha value is -0.940. The fourth-order valence-electron chi connectivity index (χ4n) is 2.71. The molecule has 0 spiro atoms. The van der Waals surface area contributed by atoms with Crippen molar-refractivity contribution in [3.63, 3.8) is 0 Å². The number of hydrogen-bond donors (Lipinski definition) is 0. The van der Waals surface area contributed by atoms with Crippen LogP contribution in [0.2, 0.25) is 0 Å². The molecule has 98 valence electrons. The van der Waals surface area contributed by atoms with Crippen LogP contribution >= 0.6 is 11.6 Å². The van der Waals surface area contributed by atoms with Crippen LogP contribution in [-0.4, -0.2) is 27.4 Å². The van der Waals surface area contributed by atoms with E-state index in [1.165, 1.54) is 4.31 Å². The molecule has 0 amide bonds. The van der Waals surface area contributed by atoms with Crippen molar-refractivity contribution in [3.8, 4) is 0 Å². The van der Waals surface area contributed by atoms with Crippen molar-refractivity contribution >= 4 is 33.2 Å². The molecule has 4 nitrogen and oxygen atoms in total. The number of para-hydroxylation sites is 1. The first kappa shape index (κ1) is 12.1. The molecule has 1 aromatic carbocycles. The fourth-order valence-corrected chi connectivity index (χ4v) is 4.62. The predicted molar refractivity (Wildman–Crippen MR) is 73.7 cm³/mol. The summed E-state index contributed by atoms with van der Waals surface area (Å²) in [6.07, 6.45) is 2.51. The van der Waals surface area contributed by atoms with E-state index >= 15 is 0 Å². The average Bonchev–Trinajstić information content (AvgIpc) is 2.59. The lowest BCUT2D eigenvalue weighted by Gasteiger charge is -2.25. The third kappa shape index (κ3) is 1.61. The van der Waals surface area contributed by atoms with Crippen molar-refractivity contribution in [1.29, 1.82) is 0 Å². The molecule has 1 aromatic rings. The molecule has 0 aromatic heterocycles. The van der Waals surface area contributed by atoms with Gasteiger partial charge in [-0.15, -0.1) is 11.6 Å². The molecular weight excluding hydrogens is 272 g/mol. The van der Waals surface area contributed by atoms with Crippen LogP contribution in [0, 0.1) is 0 Å². The number of anilines is 2. The van der Waals surface area contributed by atoms with Gasteiger partial charge in [0.05, 0.1) is 11.4 Å². The van der Waals surface area contributed by atoms with Crippen LogP contribution in [-0.2, 0) is 16.6 Å². The molecular formula is C12H15ClN2O2S. The van der Waals surface area contributed by atoms with Gasteiger partial charge in [0.2, 0.25) is 0 Å². The Kier molecular flexibility index (Phi) is 2.90. The number of alkyl halides is 1. The van der Waals surface area contributed by atoms with Crippen LogP contribution in [0.4, 0.5) is 11.4 Å². The lowest BCUT2D eigenvalue weighted by Crippen LogP contribution is -2.40. The maximum absolute atomic E-state index is 12.5. The largest absolute Gasteiger partial charge is 0.326 e. The third-order valence-corrected chi connectivity index (χ3v) is 5.60. The zero-order valence-electron chi connectivity index (χ0n) is 9.97. The Morgan fingerprint density at radius 2 is 2.17 bits per heavy atom. The Bertz CT molecular complexity index is 573. The first-order chi connectivity index (χ1) is 8.66. The second kappa shape index (κ2) is 4.31. The summed E-state index contributed by atoms with van der Waals surface area (Å²) in [5.74, 6) is 0.473. The molecule has 6 heteroatoms. The Morgan fingerprint density at radius 1 is 1.33 bits per heavy atom. The molecule has 0 N–H and O–H groups in total. The van der Waals surface area contributed by atoms with Gasteiger partial charge in [-0.2, -0.15) is 8.42 Å². The van der Waals surface area contributed by atoms with Gasteiger partial charge in [0.25, 0.3) is 0 Å². The van der Waals surface area contributed by atoms with E-state index in [0.717, 1.165) is 29.8 Å². The van der Waals surface area contributed by atoms with Gasteiger partial charge in [-0.25, -0.2) is 0 Å². The van der Waals surface area contributed by atoms with Gasteiger partial charge in [0.15, 0.2) is 0 Å². The SMILES string of the molecule is O=S1(=O)N(CCCCl)c2cccc3c2N1CCC3. The Labute approximate surface area is 112 Å². The van der Waals surface area contributed by atoms with Crippen molar-refractivity contribution in [2.45, 2.75) is 19.3 Å². The van der Waals surface area contributed by atoms with Crippen LogP contribution < -0.4 is 8.61 Å². The minimum absolute atomic E-state index is 0.457. The molecule has 2 heterocycles. The summed E-state index contributed by atoms with van der Waals surface area (Å²) in [7, 11) is -3.37. The topological polar surface area (TPSA) is 40.6 Å². The lowest BCUT2D eigenvalue weighted by atomic mass is 10.0. The van der Waals surface area contributed by atoms with Crippen molar-refractivity contribution < 1.29 is 8.42 Å². The van der Waals surface area contributed by atoms with E-state index < -0.39 is 10.2 Å². The Morgan fingerprint density at radius 3 is 2.94 bits per heavy atom. The van der Waals surface area contributed by atoms with Crippen LogP contribution in [0.25, 0.3) is 0 Å². The van der Waals surface area contributed by atoms with Gasteiger partial charge < -0.3 is 0 Å². The molecule has 0 saturated carbocycles. The van der Waals surface area contributed by atoms with E-state index in [-0.39, 0.29) is 0 Å². The highest BCUT2D eigenvalue weighted by Crippen LogP contribution is 2.45. The van der Waals surface area contributed by atoms with Gasteiger partial charge in [0, 0.05) is 19.0 Å². The first-order valence-corrected chi connectivity index (χ1v) is 8.07. The molecule has 3 rings (SSSR count). The smallest absolute Gasteiger partial charge is 0.251 e. The molecule has 0 bridgehead atoms. The van der Waals surface area contributed by atoms with Gasteiger partial charge in [-0.3, -0.25) is 8.61 Å². The monoisotopic (exact) mass is 286 g/mol. The summed E-state index contributed by atoms with van der Waals surface area (Å²) < 4.78 is 28.0. The minimum atomic E-state index is -3.37. The van der Waals surface area contributed by atoms with E-state index in [1.54, 1.807) is 4.31 Å². The standard InChI is InChI=1S/C12H15ClN2O2S/c13-7-3-9-14-11-6-1-4-10-5-2-8-15(12(10)11)18(14,16)17/h1,4,6H,2-3,5,7-9H2. The predicted octanol–water partition coefficient (Wildman–Crippen LogP) is 2.13. The number of benzene rings is 1. The fraction of sp³-hybridized carbons (Fsp3) is 0.500. The average molecular weight is 287 g/mol. The van der Waals surface area contributed by atoms with E-state index in [0.29, 0.717) is 25.4 Å². The van der Waals surface area contributed by atoms with Crippen LogP contribution in [0.1, 0.15) is 18.4 Å². The summed E-state index contributed by atoms with van der Waals surface area (Å²) in [6, 6.07) is 5.84. The van der Waals surface area contributed by atoms with E-state index in [2.05, 4.69) is 0 Å². The number of aryl methyl sites for hydroxylation is 1. The van der Waals surface area contributed by atoms with Crippen molar-refractivity contribution in [2.75, 3.05) is 27.6 Å². The number of rotatable bonds is 3. The van der Waals surface area contributed by atoms with Crippen LogP contribution in [0.3, 0.4) is 0 Å². The molecule has 0 aliphatic carbocycles. The van der Waals surface area contributed by atoms with Gasteiger partial charge in [-0.05, 0) is 30.9 Å². The Balaban J connectivity index is 2.12. The minimum Gasteiger partial charge on any atom is -0.251 e. The number of nitrogens with zero attached hydrogens (tertiary/aromatic N) is 2. The number of hydrogen-bond acceptors (Lipinski definition) is 2. The molecule has 0 atom stereocenters. The van der Waals surface area contributed by atoms with E-state index in [4.69, 9.17) is 11.6 Å². The first-order valence-electron chi connectivity index (χ1n) is 6.14. The zero-order chi connectivity index (χ0) is 12.8. The highest BCUT2D eigenvalue weighted by molar-refractivity contribution is 7.94. The zero-order valence-corrected chi connectivity index (χ0v) is 11.5. The molecule has 2 aliphatic rings. The van der Waals surface area contributed by atoms with Crippen LogP contribution in [0.5, 0.6) is 0 Å². The highest BCUT2D eigenvalue weighted by Gasteiger charge is 2.42. The van der Waals surface area contributed by atoms with Crippen molar-refractivity contribution in [2.24, 2.45) is 0 Å². The molecule has 18 heavy (non-hydrogen) atoms. The summed E-state index contributed by atoms with van der Waals surface area (Å²) in [5, 5.41) is 0. The van der Waals surface area contributed by atoms with Gasteiger partial charge in [-0.1, -0.05) is 12.1 Å².